The normalized spacial score (nSPS) is 30.8. The number of nitrogens with zero attached hydrogens (tertiary/aromatic N) is 10. The first kappa shape index (κ1) is 71.6. The minimum atomic E-state index is -5.00. The van der Waals surface area contributed by atoms with Crippen LogP contribution in [-0.2, 0) is 114 Å². The van der Waals surface area contributed by atoms with Gasteiger partial charge in [-0.1, -0.05) is 35.4 Å². The molecule has 4 fully saturated rings. The summed E-state index contributed by atoms with van der Waals surface area (Å²) >= 11 is 15.2. The van der Waals surface area contributed by atoms with E-state index >= 15 is 0 Å². The molecule has 6 aromatic heterocycles. The highest BCUT2D eigenvalue weighted by molar-refractivity contribution is 8.07. The van der Waals surface area contributed by atoms with E-state index in [1.54, 1.807) is 4.57 Å². The molecule has 10 rings (SSSR count). The van der Waals surface area contributed by atoms with Gasteiger partial charge in [-0.3, -0.25) is 42.4 Å². The van der Waals surface area contributed by atoms with Gasteiger partial charge in [0, 0.05) is 67.2 Å². The number of aromatic nitrogens is 12. The fraction of sp³-hybridized carbons (Fsp3) is 0.591. The number of ether oxygens (including phenoxy) is 8. The number of aromatic amines is 2. The number of nitrogens with two attached hydrogens (primary N) is 2. The van der Waals surface area contributed by atoms with Gasteiger partial charge in [0.2, 0.25) is 0 Å². The van der Waals surface area contributed by atoms with Crippen molar-refractivity contribution in [2.24, 2.45) is 0 Å². The lowest BCUT2D eigenvalue weighted by atomic mass is 10.1. The molecule has 4 saturated heterocycles. The number of H-pyrrole nitrogens is 2. The van der Waals surface area contributed by atoms with E-state index in [2.05, 4.69) is 39.4 Å². The topological polar surface area (TPSA) is 546 Å². The Bertz CT molecular complexity index is 4020. The number of nitrogen functional groups attached to an aromatic ring is 2. The molecule has 20 atom stereocenters. The zero-order chi connectivity index (χ0) is 66.8. The quantitative estimate of drug-likeness (QED) is 0.0276. The molecule has 508 valence electrons. The van der Waals surface area contributed by atoms with Crippen LogP contribution in [0.3, 0.4) is 0 Å². The Morgan fingerprint density at radius 2 is 0.902 bits per heavy atom. The maximum absolute atomic E-state index is 13.7. The van der Waals surface area contributed by atoms with Crippen LogP contribution in [0.15, 0.2) is 69.0 Å². The van der Waals surface area contributed by atoms with Gasteiger partial charge in [0.15, 0.2) is 47.8 Å². The molecule has 4 aliphatic rings. The number of nitrogens with one attached hydrogen (secondary N) is 2. The standard InChI is InChI=1S/C23H33N7O13P2S2.C21H29N7O14P2S/c1-35-7-11-15(18(37-3)22(40-11)30-10-27-14-19(24)25-9-26-20(14)30)43-45(34,47)39-8-12-16(42-44(33,46)38-4)17(36-2)21(41-12)29-6-5-13(31)28-23(29)32;1-36-5-9-16(14(31)20(39-9)28-8-25-12-17(22)23-7-24-18(12)28)42-44(35,45)38-6-10-15(41-43(33,34)37-2)13(30)19(40-10)27-4-3-11(29)26-21(27)32/h5-6,9-12,15-18,21-22H,7-8H2,1-4H3,(H,33,46)(H,34,47)(H2,24,25,26)(H,28,31,32);3-4,7-10,13-16,19-20,30-31H,5-6H2,1-2H3,(H,33,34)(H,35,45)(H2,22,23,24)(H,26,29,32)/p-4/t11-,12-,15+,16+,17?,18?,21-,22-,44?,45?;9-,10-,13?,14?,15+,16+,19-,20-,44?/m11/s1. The summed E-state index contributed by atoms with van der Waals surface area (Å²) in [6, 6.07) is 2.05. The second kappa shape index (κ2) is 29.8. The van der Waals surface area contributed by atoms with Crippen molar-refractivity contribution in [2.75, 3.05) is 80.6 Å². The van der Waals surface area contributed by atoms with Gasteiger partial charge < -0.3 is 115 Å². The molecule has 0 saturated carbocycles. The lowest BCUT2D eigenvalue weighted by Gasteiger charge is -2.36. The van der Waals surface area contributed by atoms with Crippen molar-refractivity contribution in [3.8, 4) is 0 Å². The van der Waals surface area contributed by atoms with Gasteiger partial charge in [0.05, 0.1) is 39.1 Å². The van der Waals surface area contributed by atoms with Gasteiger partial charge in [-0.2, -0.15) is 0 Å². The van der Waals surface area contributed by atoms with Gasteiger partial charge in [0.25, 0.3) is 18.9 Å². The summed E-state index contributed by atoms with van der Waals surface area (Å²) < 4.78 is 104. The summed E-state index contributed by atoms with van der Waals surface area (Å²) in [5, 5.41) is 22.0. The molecule has 10 heterocycles. The number of phosphoric acid groups is 1. The van der Waals surface area contributed by atoms with Gasteiger partial charge in [-0.15, -0.1) is 0 Å². The molecular weight excluding hydrogens is 1380 g/mol. The number of imidazole rings is 2. The van der Waals surface area contributed by atoms with Crippen molar-refractivity contribution in [1.29, 1.82) is 0 Å². The van der Waals surface area contributed by atoms with E-state index in [9.17, 15) is 53.5 Å². The summed E-state index contributed by atoms with van der Waals surface area (Å²) in [4.78, 5) is 128. The molecule has 0 amide bonds. The number of phosphoric ester groups is 1. The van der Waals surface area contributed by atoms with Crippen molar-refractivity contribution in [2.45, 2.75) is 98.2 Å². The first-order valence-corrected chi connectivity index (χ1v) is 35.6. The predicted octanol–water partition coefficient (Wildman–Crippen LogP) is -5.36. The number of anilines is 2. The van der Waals surface area contributed by atoms with E-state index < -0.39 is 162 Å². The van der Waals surface area contributed by atoms with Crippen LogP contribution in [0.25, 0.3) is 22.3 Å². The molecule has 0 aliphatic carbocycles. The number of hydrogen-bond acceptors (Lipinski definition) is 38. The van der Waals surface area contributed by atoms with Gasteiger partial charge in [-0.05, 0) is 0 Å². The molecule has 0 spiro atoms. The fourth-order valence-electron chi connectivity index (χ4n) is 10.1. The molecule has 41 nitrogen and oxygen atoms in total. The third-order valence-corrected chi connectivity index (χ3v) is 19.9. The molecule has 0 bridgehead atoms. The van der Waals surface area contributed by atoms with Crippen molar-refractivity contribution in [3.05, 3.63) is 91.5 Å². The van der Waals surface area contributed by atoms with Crippen molar-refractivity contribution in [1.82, 2.24) is 58.1 Å². The van der Waals surface area contributed by atoms with Crippen LogP contribution < -0.4 is 53.5 Å². The molecular formula is C44H58N14O27P4S3-4. The second-order valence-electron chi connectivity index (χ2n) is 19.8. The van der Waals surface area contributed by atoms with Crippen LogP contribution in [0.5, 0.6) is 0 Å². The third kappa shape index (κ3) is 15.9. The second-order valence-corrected chi connectivity index (χ2v) is 29.5. The van der Waals surface area contributed by atoms with E-state index in [1.165, 1.54) is 64.5 Å². The van der Waals surface area contributed by atoms with E-state index in [4.69, 9.17) is 116 Å². The molecule has 48 heteroatoms. The number of methoxy groups -OCH3 is 4. The number of aliphatic hydroxyl groups excluding tert-OH is 2. The number of hydrogen-bond donors (Lipinski definition) is 6. The van der Waals surface area contributed by atoms with Crippen LogP contribution in [-0.4, -0.2) is 211 Å². The van der Waals surface area contributed by atoms with E-state index in [1.807, 2.05) is 4.98 Å². The lowest BCUT2D eigenvalue weighted by Crippen LogP contribution is -2.41. The summed E-state index contributed by atoms with van der Waals surface area (Å²) in [5.74, 6) is 0.243. The first-order chi connectivity index (χ1) is 43.6. The van der Waals surface area contributed by atoms with Crippen LogP contribution >= 0.6 is 28.0 Å². The van der Waals surface area contributed by atoms with Gasteiger partial charge >= 0.3 is 11.4 Å². The third-order valence-electron chi connectivity index (χ3n) is 14.2. The van der Waals surface area contributed by atoms with Crippen molar-refractivity contribution < 1.29 is 108 Å². The Kier molecular flexibility index (Phi) is 23.2. The first-order valence-electron chi connectivity index (χ1n) is 26.5. The number of fused-ring (bicyclic) bond motifs is 2. The predicted molar refractivity (Wildman–Crippen MR) is 311 cm³/mol. The molecule has 8 N–H and O–H groups in total. The van der Waals surface area contributed by atoms with Crippen molar-refractivity contribution in [3.63, 3.8) is 0 Å². The van der Waals surface area contributed by atoms with E-state index in [0.29, 0.717) is 11.2 Å². The molecule has 92 heavy (non-hydrogen) atoms. The minimum Gasteiger partial charge on any atom is -0.780 e. The Hall–Kier alpha value is -4.64. The molecule has 0 radical (unpaired) electrons. The highest BCUT2D eigenvalue weighted by Gasteiger charge is 2.53. The maximum atomic E-state index is 13.7. The maximum Gasteiger partial charge on any atom is 0.330 e. The lowest BCUT2D eigenvalue weighted by molar-refractivity contribution is -0.232. The van der Waals surface area contributed by atoms with Crippen LogP contribution in [0.1, 0.15) is 24.9 Å². The summed E-state index contributed by atoms with van der Waals surface area (Å²) in [5.41, 5.74) is 9.71. The average Bonchev–Trinajstić information content (AvgIpc) is 1.64. The Balaban J connectivity index is 0.000000218. The highest BCUT2D eigenvalue weighted by atomic mass is 32.5. The average molecular weight is 1440 g/mol. The molecule has 6 aromatic rings. The molecule has 4 aliphatic heterocycles. The van der Waals surface area contributed by atoms with E-state index in [0.717, 1.165) is 41.7 Å². The largest absolute Gasteiger partial charge is 0.780 e. The zero-order valence-corrected chi connectivity index (χ0v) is 54.5. The summed E-state index contributed by atoms with van der Waals surface area (Å²) in [6.45, 7) is -14.6. The zero-order valence-electron chi connectivity index (χ0n) is 48.4. The van der Waals surface area contributed by atoms with Crippen LogP contribution in [0.2, 0.25) is 0 Å². The smallest absolute Gasteiger partial charge is 0.330 e. The minimum absolute atomic E-state index is 0.0159. The fourth-order valence-corrected chi connectivity index (χ4v) is 14.5. The number of aliphatic hydroxyl groups is 2. The Morgan fingerprint density at radius 1 is 0.522 bits per heavy atom. The monoisotopic (exact) mass is 1430 g/mol. The molecule has 8 unspecified atom stereocenters. The van der Waals surface area contributed by atoms with Crippen LogP contribution in [0.4, 0.5) is 11.6 Å². The Labute approximate surface area is 531 Å². The van der Waals surface area contributed by atoms with Gasteiger partial charge in [0.1, 0.15) is 117 Å². The SMILES string of the molecule is COC[C@H]1O[C@@H](n2cnc3c(N)ncnc32)C(O)[C@H]1OP([O-])(=S)OC[C@H]1O[C@@H](n2ccc(=O)[nH]c2=O)C(O)[C@H]1OP(=O)([O-])OC.COC[C@H]1O[C@@H](n2cnc3c(N)ncnc32)C(OC)[C@H]1OP([O-])(=S)OC[C@H]1O[C@@H](n2ccc(=O)[nH]c2=O)C(OC)[C@H]1OP([O-])(=S)OC. The van der Waals surface area contributed by atoms with Crippen molar-refractivity contribution >= 4 is 97.4 Å². The highest BCUT2D eigenvalue weighted by Crippen LogP contribution is 2.51. The summed E-state index contributed by atoms with van der Waals surface area (Å²) in [7, 11) is 2.35. The number of rotatable bonds is 26. The van der Waals surface area contributed by atoms with Gasteiger partial charge in [-0.25, -0.2) is 39.5 Å². The van der Waals surface area contributed by atoms with Crippen LogP contribution in [0, 0.1) is 0 Å². The molecule has 0 aromatic carbocycles. The van der Waals surface area contributed by atoms with E-state index in [-0.39, 0.29) is 36.0 Å². The Morgan fingerprint density at radius 3 is 1.35 bits per heavy atom. The summed E-state index contributed by atoms with van der Waals surface area (Å²) in [6.07, 6.45) is -13.1.